The maximum absolute atomic E-state index is 11.3. The van der Waals surface area contributed by atoms with Crippen molar-refractivity contribution in [2.75, 3.05) is 18.1 Å². The first-order valence-corrected chi connectivity index (χ1v) is 7.22. The van der Waals surface area contributed by atoms with Crippen molar-refractivity contribution in [3.05, 3.63) is 11.6 Å². The Kier molecular flexibility index (Phi) is 3.25. The van der Waals surface area contributed by atoms with Crippen molar-refractivity contribution in [3.63, 3.8) is 0 Å². The summed E-state index contributed by atoms with van der Waals surface area (Å²) in [6.45, 7) is 0.523. The first kappa shape index (κ1) is 11.5. The lowest BCUT2D eigenvalue weighted by molar-refractivity contribution is 0.570. The molecule has 0 radical (unpaired) electrons. The fourth-order valence-corrected chi connectivity index (χ4v) is 3.84. The highest BCUT2D eigenvalue weighted by Gasteiger charge is 2.28. The van der Waals surface area contributed by atoms with Crippen LogP contribution in [-0.2, 0) is 22.7 Å². The van der Waals surface area contributed by atoms with Crippen LogP contribution in [0.3, 0.4) is 0 Å². The summed E-state index contributed by atoms with van der Waals surface area (Å²) in [4.78, 5) is 4.27. The van der Waals surface area contributed by atoms with Gasteiger partial charge in [-0.3, -0.25) is 5.10 Å². The lowest BCUT2D eigenvalue weighted by Gasteiger charge is -2.02. The largest absolute Gasteiger partial charge is 0.330 e. The minimum atomic E-state index is -2.80. The van der Waals surface area contributed by atoms with Crippen molar-refractivity contribution in [2.24, 2.45) is 11.7 Å². The minimum absolute atomic E-state index is 0.184. The molecular formula is C9H16N4O2S. The highest BCUT2D eigenvalue weighted by molar-refractivity contribution is 7.91. The standard InChI is InChI=1S/C9H16N4O2S/c10-3-1-8-11-9(13-12-8)5-7-2-4-16(14,15)6-7/h7H,1-6,10H2,(H,11,12,13). The van der Waals surface area contributed by atoms with Crippen molar-refractivity contribution in [2.45, 2.75) is 19.3 Å². The van der Waals surface area contributed by atoms with Crippen LogP contribution in [0, 0.1) is 5.92 Å². The third-order valence-electron chi connectivity index (χ3n) is 2.75. The number of aromatic nitrogens is 3. The summed E-state index contributed by atoms with van der Waals surface area (Å²) in [6.07, 6.45) is 2.05. The van der Waals surface area contributed by atoms with Crippen LogP contribution in [0.4, 0.5) is 0 Å². The van der Waals surface area contributed by atoms with E-state index in [1.54, 1.807) is 0 Å². The van der Waals surface area contributed by atoms with E-state index >= 15 is 0 Å². The predicted molar refractivity (Wildman–Crippen MR) is 59.6 cm³/mol. The number of hydrogen-bond donors (Lipinski definition) is 2. The quantitative estimate of drug-likeness (QED) is 0.728. The molecule has 1 aliphatic heterocycles. The summed E-state index contributed by atoms with van der Waals surface area (Å²) in [6, 6.07) is 0. The Morgan fingerprint density at radius 3 is 2.94 bits per heavy atom. The fraction of sp³-hybridized carbons (Fsp3) is 0.778. The van der Waals surface area contributed by atoms with Crippen LogP contribution < -0.4 is 5.73 Å². The zero-order valence-electron chi connectivity index (χ0n) is 9.02. The number of H-pyrrole nitrogens is 1. The zero-order chi connectivity index (χ0) is 11.6. The van der Waals surface area contributed by atoms with E-state index in [9.17, 15) is 8.42 Å². The van der Waals surface area contributed by atoms with Crippen molar-refractivity contribution < 1.29 is 8.42 Å². The molecule has 6 nitrogen and oxygen atoms in total. The highest BCUT2D eigenvalue weighted by atomic mass is 32.2. The maximum Gasteiger partial charge on any atom is 0.151 e. The average molecular weight is 244 g/mol. The van der Waals surface area contributed by atoms with Gasteiger partial charge in [-0.25, -0.2) is 13.4 Å². The first-order chi connectivity index (χ1) is 7.59. The fourth-order valence-electron chi connectivity index (χ4n) is 1.97. The van der Waals surface area contributed by atoms with Crippen molar-refractivity contribution in [1.82, 2.24) is 15.2 Å². The van der Waals surface area contributed by atoms with Gasteiger partial charge in [-0.15, -0.1) is 0 Å². The summed E-state index contributed by atoms with van der Waals surface area (Å²) in [5.74, 6) is 2.24. The summed E-state index contributed by atoms with van der Waals surface area (Å²) >= 11 is 0. The molecule has 1 aromatic rings. The van der Waals surface area contributed by atoms with Crippen LogP contribution in [0.15, 0.2) is 0 Å². The van der Waals surface area contributed by atoms with E-state index in [-0.39, 0.29) is 11.7 Å². The van der Waals surface area contributed by atoms with Crippen molar-refractivity contribution in [3.8, 4) is 0 Å². The molecule has 3 N–H and O–H groups in total. The molecule has 0 aliphatic carbocycles. The Morgan fingerprint density at radius 2 is 2.31 bits per heavy atom. The third-order valence-corrected chi connectivity index (χ3v) is 4.59. The minimum Gasteiger partial charge on any atom is -0.330 e. The average Bonchev–Trinajstić information content (AvgIpc) is 2.75. The number of nitrogens with two attached hydrogens (primary N) is 1. The Balaban J connectivity index is 1.94. The van der Waals surface area contributed by atoms with Gasteiger partial charge in [0.1, 0.15) is 5.82 Å². The Bertz CT molecular complexity index is 454. The second-order valence-corrected chi connectivity index (χ2v) is 6.44. The predicted octanol–water partition coefficient (Wildman–Crippen LogP) is -0.717. The van der Waals surface area contributed by atoms with Gasteiger partial charge in [0.2, 0.25) is 0 Å². The van der Waals surface area contributed by atoms with Crippen LogP contribution in [0.25, 0.3) is 0 Å². The van der Waals surface area contributed by atoms with Gasteiger partial charge in [-0.05, 0) is 18.9 Å². The van der Waals surface area contributed by atoms with Gasteiger partial charge >= 0.3 is 0 Å². The maximum atomic E-state index is 11.3. The molecule has 7 heteroatoms. The van der Waals surface area contributed by atoms with Gasteiger partial charge in [0.05, 0.1) is 11.5 Å². The second-order valence-electron chi connectivity index (χ2n) is 4.21. The lowest BCUT2D eigenvalue weighted by atomic mass is 10.1. The van der Waals surface area contributed by atoms with Gasteiger partial charge in [0.15, 0.2) is 15.7 Å². The third kappa shape index (κ3) is 2.79. The highest BCUT2D eigenvalue weighted by Crippen LogP contribution is 2.21. The monoisotopic (exact) mass is 244 g/mol. The van der Waals surface area contributed by atoms with Gasteiger partial charge in [-0.2, -0.15) is 5.10 Å². The molecule has 90 valence electrons. The number of aromatic amines is 1. The van der Waals surface area contributed by atoms with Crippen LogP contribution in [0.1, 0.15) is 18.1 Å². The molecule has 1 aromatic heterocycles. The van der Waals surface area contributed by atoms with E-state index in [2.05, 4.69) is 15.2 Å². The number of hydrogen-bond acceptors (Lipinski definition) is 5. The number of nitrogens with zero attached hydrogens (tertiary/aromatic N) is 2. The molecule has 0 amide bonds. The van der Waals surface area contributed by atoms with E-state index in [0.29, 0.717) is 31.0 Å². The molecule has 16 heavy (non-hydrogen) atoms. The van der Waals surface area contributed by atoms with Crippen LogP contribution >= 0.6 is 0 Å². The first-order valence-electron chi connectivity index (χ1n) is 5.40. The van der Waals surface area contributed by atoms with Crippen LogP contribution in [0.5, 0.6) is 0 Å². The van der Waals surface area contributed by atoms with Gasteiger partial charge < -0.3 is 5.73 Å². The van der Waals surface area contributed by atoms with Gasteiger partial charge in [-0.1, -0.05) is 0 Å². The van der Waals surface area contributed by atoms with E-state index in [1.165, 1.54) is 0 Å². The summed E-state index contributed by atoms with van der Waals surface area (Å²) in [5, 5.41) is 6.85. The normalized spacial score (nSPS) is 23.7. The van der Waals surface area contributed by atoms with Gasteiger partial charge in [0.25, 0.3) is 0 Å². The second kappa shape index (κ2) is 4.50. The Morgan fingerprint density at radius 1 is 1.50 bits per heavy atom. The molecule has 1 unspecified atom stereocenters. The molecule has 1 fully saturated rings. The molecule has 2 heterocycles. The van der Waals surface area contributed by atoms with E-state index in [1.807, 2.05) is 0 Å². The summed E-state index contributed by atoms with van der Waals surface area (Å²) in [7, 11) is -2.80. The summed E-state index contributed by atoms with van der Waals surface area (Å²) < 4.78 is 22.6. The molecule has 0 aromatic carbocycles. The number of nitrogens with one attached hydrogen (secondary N) is 1. The Hall–Kier alpha value is -0.950. The van der Waals surface area contributed by atoms with Crippen molar-refractivity contribution in [1.29, 1.82) is 0 Å². The number of rotatable bonds is 4. The van der Waals surface area contributed by atoms with Crippen LogP contribution in [0.2, 0.25) is 0 Å². The topological polar surface area (TPSA) is 102 Å². The van der Waals surface area contributed by atoms with E-state index in [0.717, 1.165) is 12.2 Å². The zero-order valence-corrected chi connectivity index (χ0v) is 9.83. The van der Waals surface area contributed by atoms with Crippen LogP contribution in [-0.4, -0.2) is 41.6 Å². The SMILES string of the molecule is NCCc1n[nH]c(CC2CCS(=O)(=O)C2)n1. The molecular weight excluding hydrogens is 228 g/mol. The molecule has 0 bridgehead atoms. The molecule has 0 saturated carbocycles. The number of sulfone groups is 1. The van der Waals surface area contributed by atoms with E-state index in [4.69, 9.17) is 5.73 Å². The lowest BCUT2D eigenvalue weighted by Crippen LogP contribution is -2.08. The smallest absolute Gasteiger partial charge is 0.151 e. The molecule has 1 aliphatic rings. The molecule has 2 rings (SSSR count). The molecule has 1 atom stereocenters. The molecule has 1 saturated heterocycles. The molecule has 0 spiro atoms. The van der Waals surface area contributed by atoms with Gasteiger partial charge in [0, 0.05) is 12.8 Å². The summed E-state index contributed by atoms with van der Waals surface area (Å²) in [5.41, 5.74) is 5.40. The van der Waals surface area contributed by atoms with Crippen molar-refractivity contribution >= 4 is 9.84 Å². The van der Waals surface area contributed by atoms with E-state index < -0.39 is 9.84 Å². The Labute approximate surface area is 94.6 Å².